The van der Waals surface area contributed by atoms with Gasteiger partial charge < -0.3 is 4.84 Å². The summed E-state index contributed by atoms with van der Waals surface area (Å²) in [6.07, 6.45) is 1.62. The molecule has 0 saturated carbocycles. The van der Waals surface area contributed by atoms with E-state index in [-0.39, 0.29) is 18.4 Å². The first-order chi connectivity index (χ1) is 12.0. The smallest absolute Gasteiger partial charge is 0.325 e. The van der Waals surface area contributed by atoms with E-state index in [0.29, 0.717) is 10.1 Å². The number of pyridine rings is 1. The number of rotatable bonds is 5. The van der Waals surface area contributed by atoms with Gasteiger partial charge in [-0.25, -0.2) is 9.78 Å². The lowest BCUT2D eigenvalue weighted by atomic mass is 10.2. The van der Waals surface area contributed by atoms with Crippen LogP contribution in [0.3, 0.4) is 0 Å². The molecular weight excluding hydrogens is 360 g/mol. The Morgan fingerprint density at radius 3 is 2.44 bits per heavy atom. The number of nitrogens with zero attached hydrogens (tertiary/aromatic N) is 2. The highest BCUT2D eigenvalue weighted by Gasteiger charge is 2.33. The van der Waals surface area contributed by atoms with Crippen LogP contribution in [0.15, 0.2) is 52.5 Å². The summed E-state index contributed by atoms with van der Waals surface area (Å²) < 4.78 is 0. The number of carbonyl (C=O) groups excluding carboxylic acids is 3. The van der Waals surface area contributed by atoms with Crippen LogP contribution in [0.1, 0.15) is 28.8 Å². The molecule has 0 radical (unpaired) electrons. The highest BCUT2D eigenvalue weighted by atomic mass is 33.1. The van der Waals surface area contributed by atoms with Crippen molar-refractivity contribution in [3.63, 3.8) is 0 Å². The molecule has 2 amide bonds. The molecule has 1 aliphatic heterocycles. The molecule has 0 atom stereocenters. The Hall–Kier alpha value is -2.32. The SMILES string of the molecule is Cc1ccc(SSc2cc(C(=O)ON3C(=O)CCC3=O)ccn2)cc1. The zero-order valence-corrected chi connectivity index (χ0v) is 14.9. The summed E-state index contributed by atoms with van der Waals surface area (Å²) in [5.41, 5.74) is 1.41. The summed E-state index contributed by atoms with van der Waals surface area (Å²) in [6.45, 7) is 2.02. The van der Waals surface area contributed by atoms with Gasteiger partial charge in [-0.2, -0.15) is 0 Å². The lowest BCUT2D eigenvalue weighted by Crippen LogP contribution is -2.32. The van der Waals surface area contributed by atoms with E-state index in [1.54, 1.807) is 6.07 Å². The van der Waals surface area contributed by atoms with Gasteiger partial charge in [0.1, 0.15) is 5.03 Å². The van der Waals surface area contributed by atoms with Gasteiger partial charge in [0.25, 0.3) is 11.8 Å². The first-order valence-electron chi connectivity index (χ1n) is 7.48. The first-order valence-corrected chi connectivity index (χ1v) is 9.63. The fraction of sp³-hybridized carbons (Fsp3) is 0.176. The number of hydroxylamine groups is 2. The van der Waals surface area contributed by atoms with Crippen LogP contribution in [0, 0.1) is 6.92 Å². The second-order valence-electron chi connectivity index (χ2n) is 5.32. The summed E-state index contributed by atoms with van der Waals surface area (Å²) in [5, 5.41) is 1.16. The average Bonchev–Trinajstić information content (AvgIpc) is 2.93. The molecule has 1 aliphatic rings. The Kier molecular flexibility index (Phi) is 5.40. The molecule has 8 heteroatoms. The van der Waals surface area contributed by atoms with E-state index < -0.39 is 17.8 Å². The number of imide groups is 1. The maximum absolute atomic E-state index is 12.1. The van der Waals surface area contributed by atoms with Gasteiger partial charge in [0, 0.05) is 23.9 Å². The van der Waals surface area contributed by atoms with Crippen molar-refractivity contribution in [3.05, 3.63) is 53.7 Å². The largest absolute Gasteiger partial charge is 0.364 e. The quantitative estimate of drug-likeness (QED) is 0.586. The van der Waals surface area contributed by atoms with Crippen LogP contribution in [-0.4, -0.2) is 27.8 Å². The first kappa shape index (κ1) is 17.5. The monoisotopic (exact) mass is 374 g/mol. The van der Waals surface area contributed by atoms with E-state index in [1.807, 2.05) is 31.2 Å². The van der Waals surface area contributed by atoms with Crippen LogP contribution in [0.5, 0.6) is 0 Å². The van der Waals surface area contributed by atoms with Crippen molar-refractivity contribution in [1.29, 1.82) is 0 Å². The van der Waals surface area contributed by atoms with Crippen molar-refractivity contribution < 1.29 is 19.2 Å². The summed E-state index contributed by atoms with van der Waals surface area (Å²) in [7, 11) is 2.92. The molecule has 0 spiro atoms. The van der Waals surface area contributed by atoms with E-state index in [4.69, 9.17) is 4.84 Å². The van der Waals surface area contributed by atoms with Gasteiger partial charge in [-0.15, -0.1) is 5.06 Å². The molecule has 1 saturated heterocycles. The maximum atomic E-state index is 12.1. The molecule has 0 aliphatic carbocycles. The van der Waals surface area contributed by atoms with E-state index in [0.717, 1.165) is 4.90 Å². The molecule has 1 fully saturated rings. The van der Waals surface area contributed by atoms with Gasteiger partial charge in [0.05, 0.1) is 5.56 Å². The molecule has 0 unspecified atom stereocenters. The topological polar surface area (TPSA) is 76.6 Å². The Labute approximate surface area is 152 Å². The normalized spacial score (nSPS) is 14.0. The fourth-order valence-electron chi connectivity index (χ4n) is 2.06. The van der Waals surface area contributed by atoms with Gasteiger partial charge in [-0.05, 0) is 42.0 Å². The number of hydrogen-bond donors (Lipinski definition) is 0. The highest BCUT2D eigenvalue weighted by Crippen LogP contribution is 2.36. The van der Waals surface area contributed by atoms with Crippen LogP contribution in [0.4, 0.5) is 0 Å². The Balaban J connectivity index is 1.64. The molecule has 3 rings (SSSR count). The van der Waals surface area contributed by atoms with E-state index in [2.05, 4.69) is 4.98 Å². The lowest BCUT2D eigenvalue weighted by molar-refractivity contribution is -0.172. The summed E-state index contributed by atoms with van der Waals surface area (Å²) in [4.78, 5) is 45.3. The molecule has 2 aromatic rings. The van der Waals surface area contributed by atoms with Crippen molar-refractivity contribution in [2.75, 3.05) is 0 Å². The predicted molar refractivity (Wildman–Crippen MR) is 93.6 cm³/mol. The van der Waals surface area contributed by atoms with Crippen LogP contribution in [0.2, 0.25) is 0 Å². The molecule has 0 N–H and O–H groups in total. The van der Waals surface area contributed by atoms with Gasteiger partial charge >= 0.3 is 5.97 Å². The number of aryl methyl sites for hydroxylation is 1. The second kappa shape index (κ2) is 7.71. The average molecular weight is 374 g/mol. The Morgan fingerprint density at radius 1 is 1.08 bits per heavy atom. The Bertz CT molecular complexity index is 808. The third kappa shape index (κ3) is 4.40. The van der Waals surface area contributed by atoms with Crippen LogP contribution in [-0.2, 0) is 14.4 Å². The Morgan fingerprint density at radius 2 is 1.76 bits per heavy atom. The van der Waals surface area contributed by atoms with Gasteiger partial charge in [-0.3, -0.25) is 9.59 Å². The predicted octanol–water partition coefficient (Wildman–Crippen LogP) is 3.41. The number of amides is 2. The maximum Gasteiger partial charge on any atom is 0.364 e. The molecular formula is C17H14N2O4S2. The molecule has 1 aromatic carbocycles. The van der Waals surface area contributed by atoms with Gasteiger partial charge in [0.2, 0.25) is 0 Å². The number of hydrogen-bond acceptors (Lipinski definition) is 7. The highest BCUT2D eigenvalue weighted by molar-refractivity contribution is 8.76. The van der Waals surface area contributed by atoms with E-state index in [1.165, 1.54) is 39.4 Å². The van der Waals surface area contributed by atoms with Crippen molar-refractivity contribution in [2.24, 2.45) is 0 Å². The minimum Gasteiger partial charge on any atom is -0.325 e. The lowest BCUT2D eigenvalue weighted by Gasteiger charge is -2.12. The number of aromatic nitrogens is 1. The van der Waals surface area contributed by atoms with Crippen molar-refractivity contribution in [1.82, 2.24) is 10.0 Å². The summed E-state index contributed by atoms with van der Waals surface area (Å²) >= 11 is 0. The molecule has 6 nitrogen and oxygen atoms in total. The second-order valence-corrected chi connectivity index (χ2v) is 7.55. The van der Waals surface area contributed by atoms with Crippen LogP contribution < -0.4 is 0 Å². The van der Waals surface area contributed by atoms with Crippen molar-refractivity contribution in [3.8, 4) is 0 Å². The fourth-order valence-corrected chi connectivity index (χ4v) is 3.92. The third-order valence-electron chi connectivity index (χ3n) is 3.39. The molecule has 128 valence electrons. The van der Waals surface area contributed by atoms with Crippen LogP contribution in [0.25, 0.3) is 0 Å². The zero-order valence-electron chi connectivity index (χ0n) is 13.3. The minimum atomic E-state index is -0.756. The van der Waals surface area contributed by atoms with Crippen LogP contribution >= 0.6 is 21.6 Å². The summed E-state index contributed by atoms with van der Waals surface area (Å²) in [6, 6.07) is 11.1. The number of carbonyl (C=O) groups is 3. The van der Waals surface area contributed by atoms with Gasteiger partial charge in [0.15, 0.2) is 0 Å². The molecule has 1 aromatic heterocycles. The van der Waals surface area contributed by atoms with E-state index in [9.17, 15) is 14.4 Å². The van der Waals surface area contributed by atoms with E-state index >= 15 is 0 Å². The van der Waals surface area contributed by atoms with Crippen molar-refractivity contribution in [2.45, 2.75) is 29.7 Å². The summed E-state index contributed by atoms with van der Waals surface area (Å²) in [5.74, 6) is -1.76. The van der Waals surface area contributed by atoms with Gasteiger partial charge in [-0.1, -0.05) is 28.5 Å². The minimum absolute atomic E-state index is 0.0662. The molecule has 25 heavy (non-hydrogen) atoms. The zero-order chi connectivity index (χ0) is 17.8. The molecule has 2 heterocycles. The molecule has 0 bridgehead atoms. The third-order valence-corrected chi connectivity index (χ3v) is 5.68. The standard InChI is InChI=1S/C17H14N2O4S2/c1-11-2-4-13(5-3-11)24-25-14-10-12(8-9-18-14)17(22)23-19-15(20)6-7-16(19)21/h2-5,8-10H,6-7H2,1H3. The van der Waals surface area contributed by atoms with Crippen molar-refractivity contribution >= 4 is 39.4 Å². The number of benzene rings is 1.